The highest BCUT2D eigenvalue weighted by Crippen LogP contribution is 2.31. The second kappa shape index (κ2) is 6.83. The van der Waals surface area contributed by atoms with E-state index in [1.54, 1.807) is 19.1 Å². The normalized spacial score (nSPS) is 13.9. The van der Waals surface area contributed by atoms with Crippen LogP contribution < -0.4 is 5.32 Å². The molecule has 1 heterocycles. The lowest BCUT2D eigenvalue weighted by molar-refractivity contribution is 0.200. The number of hydrogen-bond acceptors (Lipinski definition) is 2. The van der Waals surface area contributed by atoms with Gasteiger partial charge in [-0.1, -0.05) is 23.7 Å². The minimum atomic E-state index is -0.602. The Bertz CT molecular complexity index is 860. The first kappa shape index (κ1) is 16.8. The van der Waals surface area contributed by atoms with Gasteiger partial charge in [-0.05, 0) is 50.1 Å². The van der Waals surface area contributed by atoms with E-state index in [0.717, 1.165) is 34.1 Å². The maximum atomic E-state index is 13.3. The molecule has 3 aromatic rings. The van der Waals surface area contributed by atoms with Gasteiger partial charge >= 0.3 is 0 Å². The maximum absolute atomic E-state index is 13.3. The minimum absolute atomic E-state index is 0.0893. The van der Waals surface area contributed by atoms with Crippen molar-refractivity contribution >= 4 is 28.2 Å². The Balaban J connectivity index is 1.82. The van der Waals surface area contributed by atoms with E-state index in [1.165, 1.54) is 12.1 Å². The number of aliphatic hydroxyl groups is 1. The molecular formula is C19H20ClFN2O. The smallest absolute Gasteiger partial charge is 0.125 e. The van der Waals surface area contributed by atoms with Gasteiger partial charge in [-0.2, -0.15) is 0 Å². The number of H-pyrrole nitrogens is 1. The summed E-state index contributed by atoms with van der Waals surface area (Å²) in [6.45, 7) is 3.77. The van der Waals surface area contributed by atoms with Gasteiger partial charge in [-0.15, -0.1) is 0 Å². The van der Waals surface area contributed by atoms with Crippen molar-refractivity contribution in [2.75, 3.05) is 5.32 Å². The number of nitrogens with one attached hydrogen (secondary N) is 2. The van der Waals surface area contributed by atoms with Crippen LogP contribution in [0, 0.1) is 5.82 Å². The molecule has 3 N–H and O–H groups in total. The predicted molar refractivity (Wildman–Crippen MR) is 97.1 cm³/mol. The molecule has 3 rings (SSSR count). The highest BCUT2D eigenvalue weighted by molar-refractivity contribution is 6.33. The molecule has 0 aliphatic heterocycles. The lowest BCUT2D eigenvalue weighted by Crippen LogP contribution is -2.19. The fraction of sp³-hybridized carbons (Fsp3) is 0.263. The van der Waals surface area contributed by atoms with Crippen LogP contribution >= 0.6 is 11.6 Å². The Labute approximate surface area is 145 Å². The molecule has 1 aromatic heterocycles. The second-order valence-corrected chi connectivity index (χ2v) is 6.54. The van der Waals surface area contributed by atoms with E-state index in [4.69, 9.17) is 11.6 Å². The average molecular weight is 347 g/mol. The van der Waals surface area contributed by atoms with Crippen LogP contribution in [0.25, 0.3) is 10.9 Å². The van der Waals surface area contributed by atoms with Gasteiger partial charge in [-0.3, -0.25) is 0 Å². The summed E-state index contributed by atoms with van der Waals surface area (Å²) in [4.78, 5) is 3.11. The van der Waals surface area contributed by atoms with Gasteiger partial charge in [0.2, 0.25) is 0 Å². The van der Waals surface area contributed by atoms with Crippen molar-refractivity contribution in [2.24, 2.45) is 0 Å². The van der Waals surface area contributed by atoms with Crippen LogP contribution in [0.2, 0.25) is 5.02 Å². The van der Waals surface area contributed by atoms with E-state index in [1.807, 2.05) is 18.3 Å². The van der Waals surface area contributed by atoms with Gasteiger partial charge in [0, 0.05) is 28.7 Å². The standard InChI is InChI=1S/C19H20ClFN2O/c1-11(23-19-15(12(2)24)4-3-5-17(19)20)8-13-10-22-18-9-14(21)6-7-16(13)18/h3-7,9-12,22-24H,8H2,1-2H3. The number of aromatic nitrogens is 1. The largest absolute Gasteiger partial charge is 0.389 e. The topological polar surface area (TPSA) is 48.0 Å². The molecule has 0 saturated carbocycles. The number of hydrogen-bond donors (Lipinski definition) is 3. The third kappa shape index (κ3) is 3.40. The van der Waals surface area contributed by atoms with Gasteiger partial charge in [0.15, 0.2) is 0 Å². The van der Waals surface area contributed by atoms with E-state index in [-0.39, 0.29) is 11.9 Å². The summed E-state index contributed by atoms with van der Waals surface area (Å²) in [6, 6.07) is 10.3. The van der Waals surface area contributed by atoms with Crippen LogP contribution in [0.1, 0.15) is 31.1 Å². The van der Waals surface area contributed by atoms with Crippen LogP contribution in [-0.4, -0.2) is 16.1 Å². The molecule has 126 valence electrons. The van der Waals surface area contributed by atoms with Crippen molar-refractivity contribution < 1.29 is 9.50 Å². The first-order valence-corrected chi connectivity index (χ1v) is 8.32. The molecule has 0 bridgehead atoms. The molecule has 3 nitrogen and oxygen atoms in total. The van der Waals surface area contributed by atoms with Crippen LogP contribution in [0.3, 0.4) is 0 Å². The van der Waals surface area contributed by atoms with Gasteiger partial charge < -0.3 is 15.4 Å². The number of aliphatic hydroxyl groups excluding tert-OH is 1. The number of para-hydroxylation sites is 1. The Morgan fingerprint density at radius 3 is 2.79 bits per heavy atom. The minimum Gasteiger partial charge on any atom is -0.389 e. The average Bonchev–Trinajstić information content (AvgIpc) is 2.91. The number of benzene rings is 2. The number of halogens is 2. The van der Waals surface area contributed by atoms with Gasteiger partial charge in [0.05, 0.1) is 16.8 Å². The molecular weight excluding hydrogens is 327 g/mol. The Hall–Kier alpha value is -2.04. The Morgan fingerprint density at radius 1 is 1.25 bits per heavy atom. The molecule has 0 spiro atoms. The fourth-order valence-electron chi connectivity index (χ4n) is 3.00. The molecule has 2 unspecified atom stereocenters. The third-order valence-electron chi connectivity index (χ3n) is 4.14. The fourth-order valence-corrected chi connectivity index (χ4v) is 3.23. The van der Waals surface area contributed by atoms with Crippen LogP contribution in [-0.2, 0) is 6.42 Å². The van der Waals surface area contributed by atoms with Crippen molar-refractivity contribution in [2.45, 2.75) is 32.4 Å². The zero-order chi connectivity index (χ0) is 17.3. The maximum Gasteiger partial charge on any atom is 0.125 e. The van der Waals surface area contributed by atoms with E-state index in [2.05, 4.69) is 17.2 Å². The number of fused-ring (bicyclic) bond motifs is 1. The van der Waals surface area contributed by atoms with Crippen molar-refractivity contribution in [3.05, 3.63) is 64.6 Å². The zero-order valence-corrected chi connectivity index (χ0v) is 14.4. The molecule has 2 atom stereocenters. The number of anilines is 1. The van der Waals surface area contributed by atoms with Crippen molar-refractivity contribution in [1.82, 2.24) is 4.98 Å². The highest BCUT2D eigenvalue weighted by atomic mass is 35.5. The SMILES string of the molecule is CC(Cc1c[nH]c2cc(F)ccc12)Nc1c(Cl)cccc1C(C)O. The summed E-state index contributed by atoms with van der Waals surface area (Å²) in [5.74, 6) is -0.250. The molecule has 0 radical (unpaired) electrons. The van der Waals surface area contributed by atoms with Gasteiger partial charge in [-0.25, -0.2) is 4.39 Å². The summed E-state index contributed by atoms with van der Waals surface area (Å²) in [7, 11) is 0. The molecule has 24 heavy (non-hydrogen) atoms. The predicted octanol–water partition coefficient (Wildman–Crippen LogP) is 5.06. The molecule has 0 fully saturated rings. The number of rotatable bonds is 5. The molecule has 5 heteroatoms. The lowest BCUT2D eigenvalue weighted by atomic mass is 10.0. The molecule has 0 aliphatic carbocycles. The lowest BCUT2D eigenvalue weighted by Gasteiger charge is -2.20. The van der Waals surface area contributed by atoms with E-state index in [0.29, 0.717) is 5.02 Å². The van der Waals surface area contributed by atoms with Crippen LogP contribution in [0.15, 0.2) is 42.6 Å². The van der Waals surface area contributed by atoms with Crippen molar-refractivity contribution in [3.63, 3.8) is 0 Å². The summed E-state index contributed by atoms with van der Waals surface area (Å²) in [5, 5.41) is 14.9. The van der Waals surface area contributed by atoms with E-state index >= 15 is 0 Å². The first-order valence-electron chi connectivity index (χ1n) is 7.94. The summed E-state index contributed by atoms with van der Waals surface area (Å²) < 4.78 is 13.3. The van der Waals surface area contributed by atoms with Gasteiger partial charge in [0.1, 0.15) is 5.82 Å². The molecule has 0 aliphatic rings. The summed E-state index contributed by atoms with van der Waals surface area (Å²) in [5.41, 5.74) is 3.43. The quantitative estimate of drug-likeness (QED) is 0.605. The molecule has 0 saturated heterocycles. The van der Waals surface area contributed by atoms with Crippen LogP contribution in [0.4, 0.5) is 10.1 Å². The van der Waals surface area contributed by atoms with Crippen LogP contribution in [0.5, 0.6) is 0 Å². The van der Waals surface area contributed by atoms with Crippen molar-refractivity contribution in [1.29, 1.82) is 0 Å². The zero-order valence-electron chi connectivity index (χ0n) is 13.6. The summed E-state index contributed by atoms with van der Waals surface area (Å²) in [6.07, 6.45) is 2.05. The first-order chi connectivity index (χ1) is 11.5. The highest BCUT2D eigenvalue weighted by Gasteiger charge is 2.15. The summed E-state index contributed by atoms with van der Waals surface area (Å²) >= 11 is 6.29. The van der Waals surface area contributed by atoms with Crippen molar-refractivity contribution in [3.8, 4) is 0 Å². The monoisotopic (exact) mass is 346 g/mol. The third-order valence-corrected chi connectivity index (χ3v) is 4.46. The number of aromatic amines is 1. The van der Waals surface area contributed by atoms with E-state index in [9.17, 15) is 9.50 Å². The Kier molecular flexibility index (Phi) is 4.78. The van der Waals surface area contributed by atoms with Gasteiger partial charge in [0.25, 0.3) is 0 Å². The van der Waals surface area contributed by atoms with E-state index < -0.39 is 6.10 Å². The molecule has 2 aromatic carbocycles. The Morgan fingerprint density at radius 2 is 2.04 bits per heavy atom. The second-order valence-electron chi connectivity index (χ2n) is 6.13. The molecule has 0 amide bonds.